The number of carbonyl (C=O) groups is 4. The lowest BCUT2D eigenvalue weighted by Crippen LogP contribution is -2.60. The van der Waals surface area contributed by atoms with Gasteiger partial charge in [0, 0.05) is 0 Å². The van der Waals surface area contributed by atoms with Crippen LogP contribution in [-0.2, 0) is 19.2 Å². The molecule has 13 heteroatoms. The second kappa shape index (κ2) is 13.8. The van der Waals surface area contributed by atoms with Crippen molar-refractivity contribution in [3.05, 3.63) is 0 Å². The molecule has 6 atom stereocenters. The van der Waals surface area contributed by atoms with Gasteiger partial charge in [0.25, 0.3) is 0 Å². The summed E-state index contributed by atoms with van der Waals surface area (Å²) in [5.41, 5.74) is 10.9. The van der Waals surface area contributed by atoms with E-state index in [0.29, 0.717) is 19.4 Å². The van der Waals surface area contributed by atoms with E-state index in [1.807, 2.05) is 0 Å². The fourth-order valence-electron chi connectivity index (χ4n) is 2.35. The average Bonchev–Trinajstić information content (AvgIpc) is 2.67. The van der Waals surface area contributed by atoms with E-state index in [1.54, 1.807) is 0 Å². The quantitative estimate of drug-likeness (QED) is 0.119. The maximum absolute atomic E-state index is 12.6. The van der Waals surface area contributed by atoms with Gasteiger partial charge in [-0.1, -0.05) is 0 Å². The molecule has 0 radical (unpaired) electrons. The van der Waals surface area contributed by atoms with Crippen LogP contribution in [0.4, 0.5) is 0 Å². The zero-order chi connectivity index (χ0) is 23.4. The molecule has 0 aromatic carbocycles. The number of aliphatic hydroxyl groups excluding tert-OH is 3. The molecule has 0 bridgehead atoms. The normalized spacial score (nSPS) is 17.0. The summed E-state index contributed by atoms with van der Waals surface area (Å²) < 4.78 is 0. The molecule has 11 N–H and O–H groups in total. The van der Waals surface area contributed by atoms with Crippen molar-refractivity contribution in [2.24, 2.45) is 11.5 Å². The van der Waals surface area contributed by atoms with E-state index < -0.39 is 66.7 Å². The Balaban J connectivity index is 5.34. The molecule has 0 aliphatic heterocycles. The van der Waals surface area contributed by atoms with Crippen LogP contribution in [0.1, 0.15) is 33.1 Å². The summed E-state index contributed by atoms with van der Waals surface area (Å²) in [6.45, 7) is 1.99. The first-order valence-corrected chi connectivity index (χ1v) is 9.52. The Morgan fingerprint density at radius 2 is 1.43 bits per heavy atom. The highest BCUT2D eigenvalue weighted by molar-refractivity contribution is 5.94. The number of hydrogen-bond acceptors (Lipinski definition) is 9. The van der Waals surface area contributed by atoms with Crippen LogP contribution in [0.3, 0.4) is 0 Å². The summed E-state index contributed by atoms with van der Waals surface area (Å²) >= 11 is 0. The van der Waals surface area contributed by atoms with Crippen molar-refractivity contribution in [1.82, 2.24) is 16.0 Å². The van der Waals surface area contributed by atoms with Gasteiger partial charge in [-0.15, -0.1) is 0 Å². The summed E-state index contributed by atoms with van der Waals surface area (Å²) in [5.74, 6) is -4.13. The second-order valence-corrected chi connectivity index (χ2v) is 6.92. The Kier molecular flexibility index (Phi) is 12.8. The largest absolute Gasteiger partial charge is 0.480 e. The number of carbonyl (C=O) groups excluding carboxylic acids is 3. The zero-order valence-corrected chi connectivity index (χ0v) is 17.1. The first-order chi connectivity index (χ1) is 14.0. The van der Waals surface area contributed by atoms with Gasteiger partial charge in [-0.2, -0.15) is 0 Å². The van der Waals surface area contributed by atoms with Crippen molar-refractivity contribution in [3.8, 4) is 0 Å². The standard InChI is InChI=1S/C17H33N5O8/c1-8(24)12(19)15(27)22-13(9(2)25)16(28)20-10(5-3-4-6-18)14(26)21-11(7-23)17(29)30/h8-13,23-25H,3-7,18-19H2,1-2H3,(H,20,28)(H,21,26)(H,22,27)(H,29,30)/t8-,9-,10+,11+,12+,13+/m1/s1. The number of aliphatic hydroxyl groups is 3. The predicted octanol–water partition coefficient (Wildman–Crippen LogP) is -4.26. The van der Waals surface area contributed by atoms with Gasteiger partial charge in [-0.05, 0) is 39.7 Å². The molecule has 0 aliphatic carbocycles. The molecule has 0 spiro atoms. The Labute approximate surface area is 174 Å². The molecular weight excluding hydrogens is 402 g/mol. The number of aliphatic carboxylic acids is 1. The summed E-state index contributed by atoms with van der Waals surface area (Å²) in [6.07, 6.45) is -1.53. The number of nitrogens with one attached hydrogen (secondary N) is 3. The Bertz CT molecular complexity index is 586. The first-order valence-electron chi connectivity index (χ1n) is 9.52. The minimum Gasteiger partial charge on any atom is -0.480 e. The van der Waals surface area contributed by atoms with Crippen molar-refractivity contribution in [2.45, 2.75) is 69.5 Å². The van der Waals surface area contributed by atoms with Gasteiger partial charge in [0.15, 0.2) is 0 Å². The summed E-state index contributed by atoms with van der Waals surface area (Å²) in [7, 11) is 0. The molecule has 0 rings (SSSR count). The molecule has 0 saturated heterocycles. The minimum atomic E-state index is -1.57. The van der Waals surface area contributed by atoms with Gasteiger partial charge in [0.05, 0.1) is 18.8 Å². The summed E-state index contributed by atoms with van der Waals surface area (Å²) in [4.78, 5) is 48.1. The van der Waals surface area contributed by atoms with Gasteiger partial charge < -0.3 is 47.8 Å². The van der Waals surface area contributed by atoms with E-state index in [0.717, 1.165) is 0 Å². The lowest BCUT2D eigenvalue weighted by Gasteiger charge is -2.26. The maximum atomic E-state index is 12.6. The van der Waals surface area contributed by atoms with Crippen molar-refractivity contribution in [2.75, 3.05) is 13.2 Å². The molecule has 0 unspecified atom stereocenters. The smallest absolute Gasteiger partial charge is 0.328 e. The number of carboxylic acid groups (broad SMARTS) is 1. The minimum absolute atomic E-state index is 0.0974. The average molecular weight is 435 g/mol. The first kappa shape index (κ1) is 27.7. The van der Waals surface area contributed by atoms with Crippen molar-refractivity contribution in [1.29, 1.82) is 0 Å². The lowest BCUT2D eigenvalue weighted by atomic mass is 10.1. The van der Waals surface area contributed by atoms with Crippen LogP contribution in [0, 0.1) is 0 Å². The van der Waals surface area contributed by atoms with Gasteiger partial charge in [-0.3, -0.25) is 14.4 Å². The summed E-state index contributed by atoms with van der Waals surface area (Å²) in [5, 5.41) is 44.0. The number of carboxylic acids is 1. The van der Waals surface area contributed by atoms with Crippen LogP contribution < -0.4 is 27.4 Å². The van der Waals surface area contributed by atoms with E-state index >= 15 is 0 Å². The number of rotatable bonds is 14. The number of nitrogens with two attached hydrogens (primary N) is 2. The lowest BCUT2D eigenvalue weighted by molar-refractivity contribution is -0.143. The van der Waals surface area contributed by atoms with Gasteiger partial charge in [0.1, 0.15) is 24.2 Å². The van der Waals surface area contributed by atoms with Crippen LogP contribution in [0.15, 0.2) is 0 Å². The monoisotopic (exact) mass is 435 g/mol. The van der Waals surface area contributed by atoms with Crippen molar-refractivity contribution in [3.63, 3.8) is 0 Å². The molecule has 3 amide bonds. The van der Waals surface area contributed by atoms with Crippen LogP contribution in [0.2, 0.25) is 0 Å². The fourth-order valence-corrected chi connectivity index (χ4v) is 2.35. The van der Waals surface area contributed by atoms with E-state index in [1.165, 1.54) is 13.8 Å². The van der Waals surface area contributed by atoms with Gasteiger partial charge >= 0.3 is 5.97 Å². The van der Waals surface area contributed by atoms with Crippen LogP contribution in [0.5, 0.6) is 0 Å². The van der Waals surface area contributed by atoms with E-state index in [9.17, 15) is 29.4 Å². The number of amides is 3. The van der Waals surface area contributed by atoms with Crippen molar-refractivity contribution >= 4 is 23.7 Å². The Hall–Kier alpha value is -2.32. The topological polar surface area (TPSA) is 237 Å². The molecular formula is C17H33N5O8. The highest BCUT2D eigenvalue weighted by Gasteiger charge is 2.32. The molecule has 0 heterocycles. The third kappa shape index (κ3) is 9.45. The third-order valence-electron chi connectivity index (χ3n) is 4.26. The Morgan fingerprint density at radius 1 is 0.867 bits per heavy atom. The van der Waals surface area contributed by atoms with E-state index in [-0.39, 0.29) is 6.42 Å². The Morgan fingerprint density at radius 3 is 1.87 bits per heavy atom. The molecule has 0 aromatic heterocycles. The van der Waals surface area contributed by atoms with Crippen LogP contribution in [0.25, 0.3) is 0 Å². The fraction of sp³-hybridized carbons (Fsp3) is 0.765. The van der Waals surface area contributed by atoms with Crippen molar-refractivity contribution < 1.29 is 39.6 Å². The highest BCUT2D eigenvalue weighted by atomic mass is 16.4. The van der Waals surface area contributed by atoms with Crippen LogP contribution >= 0.6 is 0 Å². The predicted molar refractivity (Wildman–Crippen MR) is 105 cm³/mol. The molecule has 0 aromatic rings. The molecule has 174 valence electrons. The number of hydrogen-bond donors (Lipinski definition) is 9. The second-order valence-electron chi connectivity index (χ2n) is 6.92. The molecule has 30 heavy (non-hydrogen) atoms. The van der Waals surface area contributed by atoms with Crippen LogP contribution in [-0.4, -0.2) is 93.6 Å². The van der Waals surface area contributed by atoms with Gasteiger partial charge in [0.2, 0.25) is 17.7 Å². The van der Waals surface area contributed by atoms with E-state index in [4.69, 9.17) is 21.7 Å². The molecule has 0 aliphatic rings. The SMILES string of the molecule is C[C@@H](O)[C@H](N)C(=O)N[C@H](C(=O)N[C@@H](CCCCN)C(=O)N[C@@H](CO)C(=O)O)[C@@H](C)O. The highest BCUT2D eigenvalue weighted by Crippen LogP contribution is 2.04. The number of unbranched alkanes of at least 4 members (excludes halogenated alkanes) is 1. The zero-order valence-electron chi connectivity index (χ0n) is 17.1. The van der Waals surface area contributed by atoms with Gasteiger partial charge in [-0.25, -0.2) is 4.79 Å². The third-order valence-corrected chi connectivity index (χ3v) is 4.26. The maximum Gasteiger partial charge on any atom is 0.328 e. The molecule has 0 fully saturated rings. The molecule has 0 saturated carbocycles. The van der Waals surface area contributed by atoms with E-state index in [2.05, 4.69) is 16.0 Å². The summed E-state index contributed by atoms with van der Waals surface area (Å²) in [6, 6.07) is -5.60. The molecule has 13 nitrogen and oxygen atoms in total.